The van der Waals surface area contributed by atoms with Crippen LogP contribution in [0.4, 0.5) is 0 Å². The van der Waals surface area contributed by atoms with Crippen molar-refractivity contribution in [1.82, 2.24) is 4.98 Å². The fraction of sp³-hybridized carbons (Fsp3) is 0.167. The zero-order chi connectivity index (χ0) is 11.1. The van der Waals surface area contributed by atoms with E-state index in [0.29, 0.717) is 0 Å². The average Bonchev–Trinajstić information content (AvgIpc) is 2.06. The van der Waals surface area contributed by atoms with E-state index >= 15 is 0 Å². The van der Waals surface area contributed by atoms with E-state index in [0.717, 1.165) is 0 Å². The SMILES string of the molecule is [2H]c1nc(C([2H])([2H])[2H])c([2H])c(O)c1Br. The van der Waals surface area contributed by atoms with E-state index in [4.69, 9.17) is 6.85 Å². The summed E-state index contributed by atoms with van der Waals surface area (Å²) in [4.78, 5) is 3.41. The van der Waals surface area contributed by atoms with Gasteiger partial charge in [-0.15, -0.1) is 0 Å². The first-order valence-electron chi connectivity index (χ1n) is 4.61. The van der Waals surface area contributed by atoms with Gasteiger partial charge in [-0.3, -0.25) is 4.98 Å². The van der Waals surface area contributed by atoms with Gasteiger partial charge in [0.2, 0.25) is 0 Å². The summed E-state index contributed by atoms with van der Waals surface area (Å²) in [5, 5.41) is 9.29. The van der Waals surface area contributed by atoms with E-state index < -0.39 is 30.5 Å². The van der Waals surface area contributed by atoms with Gasteiger partial charge < -0.3 is 5.11 Å². The molecule has 1 aromatic rings. The zero-order valence-corrected chi connectivity index (χ0v) is 5.86. The Bertz CT molecular complexity index is 377. The first-order chi connectivity index (χ1) is 6.25. The monoisotopic (exact) mass is 192 g/mol. The Kier molecular flexibility index (Phi) is 0.674. The Morgan fingerprint density at radius 3 is 3.44 bits per heavy atom. The van der Waals surface area contributed by atoms with Crippen LogP contribution in [0.2, 0.25) is 0 Å². The summed E-state index contributed by atoms with van der Waals surface area (Å²) in [5.74, 6) is -0.573. The molecule has 0 spiro atoms. The summed E-state index contributed by atoms with van der Waals surface area (Å²) < 4.78 is 35.5. The molecule has 0 aliphatic rings. The minimum atomic E-state index is -2.59. The highest BCUT2D eigenvalue weighted by atomic mass is 79.9. The second kappa shape index (κ2) is 2.35. The second-order valence-corrected chi connectivity index (χ2v) is 2.15. The average molecular weight is 193 g/mol. The number of hydrogen-bond acceptors (Lipinski definition) is 2. The highest BCUT2D eigenvalue weighted by Crippen LogP contribution is 2.21. The number of aryl methyl sites for hydroxylation is 1. The number of pyridine rings is 1. The summed E-state index contributed by atoms with van der Waals surface area (Å²) in [6.07, 6.45) is -0.398. The Morgan fingerprint density at radius 1 is 2.00 bits per heavy atom. The zero-order valence-electron chi connectivity index (χ0n) is 9.27. The number of halogens is 1. The molecule has 3 heteroatoms. The number of nitrogens with zero attached hydrogens (tertiary/aromatic N) is 1. The van der Waals surface area contributed by atoms with Gasteiger partial charge >= 0.3 is 0 Å². The van der Waals surface area contributed by atoms with Crippen molar-refractivity contribution in [3.05, 3.63) is 22.4 Å². The van der Waals surface area contributed by atoms with Crippen LogP contribution in [-0.2, 0) is 0 Å². The molecule has 1 aromatic heterocycles. The fourth-order valence-corrected chi connectivity index (χ4v) is 0.541. The minimum Gasteiger partial charge on any atom is -0.507 e. The van der Waals surface area contributed by atoms with Crippen molar-refractivity contribution in [1.29, 1.82) is 0 Å². The molecule has 9 heavy (non-hydrogen) atoms. The quantitative estimate of drug-likeness (QED) is 0.682. The maximum absolute atomic E-state index is 9.29. The van der Waals surface area contributed by atoms with E-state index in [2.05, 4.69) is 20.9 Å². The molecule has 0 aliphatic heterocycles. The van der Waals surface area contributed by atoms with E-state index in [1.807, 2.05) is 0 Å². The maximum Gasteiger partial charge on any atom is 0.133 e. The van der Waals surface area contributed by atoms with Crippen molar-refractivity contribution in [2.24, 2.45) is 0 Å². The van der Waals surface area contributed by atoms with Crippen LogP contribution >= 0.6 is 15.9 Å². The summed E-state index contributed by atoms with van der Waals surface area (Å²) in [5.41, 5.74) is -0.566. The van der Waals surface area contributed by atoms with Gasteiger partial charge in [-0.25, -0.2) is 0 Å². The Balaban J connectivity index is 3.49. The van der Waals surface area contributed by atoms with E-state index in [1.165, 1.54) is 0 Å². The third kappa shape index (κ3) is 1.42. The highest BCUT2D eigenvalue weighted by molar-refractivity contribution is 9.10. The third-order valence-electron chi connectivity index (χ3n) is 0.711. The van der Waals surface area contributed by atoms with E-state index in [9.17, 15) is 5.11 Å². The molecule has 0 aliphatic carbocycles. The standard InChI is InChI=1S/C6H6BrNO/c1-4-2-6(9)5(7)3-8-4/h2-3H,1H3,(H,8,9)/i1D3,2D,3D. The van der Waals surface area contributed by atoms with Crippen molar-refractivity contribution < 1.29 is 12.0 Å². The number of rotatable bonds is 0. The van der Waals surface area contributed by atoms with Gasteiger partial charge in [0.25, 0.3) is 0 Å². The van der Waals surface area contributed by atoms with Crippen LogP contribution in [0.1, 0.15) is 12.5 Å². The first kappa shape index (κ1) is 2.58. The predicted octanol–water partition coefficient (Wildman–Crippen LogP) is 1.86. The molecule has 0 amide bonds. The molecule has 1 rings (SSSR count). The molecule has 0 saturated carbocycles. The van der Waals surface area contributed by atoms with Gasteiger partial charge in [-0.2, -0.15) is 0 Å². The van der Waals surface area contributed by atoms with Crippen LogP contribution in [-0.4, -0.2) is 10.1 Å². The minimum absolute atomic E-state index is 0.0736. The summed E-state index contributed by atoms with van der Waals surface area (Å²) in [6, 6.07) is -0.576. The molecule has 0 atom stereocenters. The number of aromatic nitrogens is 1. The second-order valence-electron chi connectivity index (χ2n) is 1.36. The van der Waals surface area contributed by atoms with Crippen LogP contribution in [0.5, 0.6) is 5.75 Å². The van der Waals surface area contributed by atoms with Crippen LogP contribution in [0.25, 0.3) is 0 Å². The Labute approximate surface area is 68.7 Å². The Hall–Kier alpha value is -0.570. The van der Waals surface area contributed by atoms with Crippen LogP contribution in [0.15, 0.2) is 16.7 Å². The molecule has 0 fully saturated rings. The molecule has 48 valence electrons. The van der Waals surface area contributed by atoms with Crippen molar-refractivity contribution in [3.63, 3.8) is 0 Å². The van der Waals surface area contributed by atoms with Crippen LogP contribution in [0.3, 0.4) is 0 Å². The molecule has 0 unspecified atom stereocenters. The molecule has 2 nitrogen and oxygen atoms in total. The molecular formula is C6H6BrNO. The largest absolute Gasteiger partial charge is 0.507 e. The molecule has 1 heterocycles. The van der Waals surface area contributed by atoms with Gasteiger partial charge in [0.15, 0.2) is 0 Å². The molecule has 1 N–H and O–H groups in total. The van der Waals surface area contributed by atoms with Crippen molar-refractivity contribution in [3.8, 4) is 5.75 Å². The van der Waals surface area contributed by atoms with Gasteiger partial charge in [-0.1, -0.05) is 0 Å². The van der Waals surface area contributed by atoms with Crippen molar-refractivity contribution in [2.45, 2.75) is 6.85 Å². The topological polar surface area (TPSA) is 33.1 Å². The van der Waals surface area contributed by atoms with Gasteiger partial charge in [0, 0.05) is 22.0 Å². The molecule has 0 saturated heterocycles. The molecule has 0 aromatic carbocycles. The summed E-state index contributed by atoms with van der Waals surface area (Å²) in [6.45, 7) is -2.59. The van der Waals surface area contributed by atoms with Crippen molar-refractivity contribution in [2.75, 3.05) is 0 Å². The lowest BCUT2D eigenvalue weighted by molar-refractivity contribution is 0.470. The van der Waals surface area contributed by atoms with E-state index in [-0.39, 0.29) is 4.47 Å². The maximum atomic E-state index is 9.29. The lowest BCUT2D eigenvalue weighted by atomic mass is 10.4. The molecular weight excluding hydrogens is 182 g/mol. The highest BCUT2D eigenvalue weighted by Gasteiger charge is 1.95. The lowest BCUT2D eigenvalue weighted by Gasteiger charge is -1.94. The number of hydrogen-bond donors (Lipinski definition) is 1. The molecule has 0 bridgehead atoms. The van der Waals surface area contributed by atoms with Crippen LogP contribution < -0.4 is 0 Å². The normalized spacial score (nSPS) is 19.0. The van der Waals surface area contributed by atoms with Gasteiger partial charge in [0.05, 0.1) is 7.21 Å². The number of aromatic hydroxyl groups is 1. The van der Waals surface area contributed by atoms with E-state index in [1.54, 1.807) is 0 Å². The van der Waals surface area contributed by atoms with Crippen LogP contribution in [0, 0.1) is 6.85 Å². The third-order valence-corrected chi connectivity index (χ3v) is 1.26. The summed E-state index contributed by atoms with van der Waals surface area (Å²) in [7, 11) is 0. The van der Waals surface area contributed by atoms with Crippen molar-refractivity contribution >= 4 is 15.9 Å². The smallest absolute Gasteiger partial charge is 0.133 e. The molecule has 0 radical (unpaired) electrons. The predicted molar refractivity (Wildman–Crippen MR) is 38.3 cm³/mol. The Morgan fingerprint density at radius 2 is 2.78 bits per heavy atom. The first-order valence-corrected chi connectivity index (χ1v) is 2.90. The fourth-order valence-electron chi connectivity index (χ4n) is 0.353. The van der Waals surface area contributed by atoms with Gasteiger partial charge in [0.1, 0.15) is 5.75 Å². The van der Waals surface area contributed by atoms with Gasteiger partial charge in [-0.05, 0) is 22.8 Å². The summed E-state index contributed by atoms with van der Waals surface area (Å²) >= 11 is 2.83. The lowest BCUT2D eigenvalue weighted by Crippen LogP contribution is -1.78.